The van der Waals surface area contributed by atoms with Gasteiger partial charge in [0.1, 0.15) is 4.90 Å². The molecule has 0 radical (unpaired) electrons. The van der Waals surface area contributed by atoms with Gasteiger partial charge in [-0.05, 0) is 32.2 Å². The number of alkyl halides is 1. The van der Waals surface area contributed by atoms with Crippen molar-refractivity contribution in [2.75, 3.05) is 0 Å². The van der Waals surface area contributed by atoms with Crippen LogP contribution in [0.3, 0.4) is 0 Å². The van der Waals surface area contributed by atoms with Crippen LogP contribution in [-0.4, -0.2) is 29.0 Å². The molecule has 8 heteroatoms. The lowest BCUT2D eigenvalue weighted by Crippen LogP contribution is -2.36. The highest BCUT2D eigenvalue weighted by Crippen LogP contribution is 2.27. The van der Waals surface area contributed by atoms with E-state index in [1.54, 1.807) is 18.3 Å². The molecule has 2 aromatic heterocycles. The van der Waals surface area contributed by atoms with E-state index in [0.717, 1.165) is 4.88 Å². The summed E-state index contributed by atoms with van der Waals surface area (Å²) < 4.78 is 27.4. The largest absolute Gasteiger partial charge is 0.281 e. The van der Waals surface area contributed by atoms with Crippen LogP contribution in [0.2, 0.25) is 0 Å². The Labute approximate surface area is 134 Å². The van der Waals surface area contributed by atoms with Crippen LogP contribution >= 0.6 is 22.9 Å². The lowest BCUT2D eigenvalue weighted by atomic mass is 10.4. The first-order chi connectivity index (χ1) is 9.87. The van der Waals surface area contributed by atoms with Crippen molar-refractivity contribution in [3.05, 3.63) is 33.8 Å². The van der Waals surface area contributed by atoms with E-state index in [0.29, 0.717) is 17.9 Å². The van der Waals surface area contributed by atoms with Gasteiger partial charge < -0.3 is 0 Å². The Balaban J connectivity index is 2.45. The zero-order valence-electron chi connectivity index (χ0n) is 12.1. The van der Waals surface area contributed by atoms with Crippen molar-refractivity contribution in [1.82, 2.24) is 14.5 Å². The molecule has 0 spiro atoms. The van der Waals surface area contributed by atoms with Crippen LogP contribution in [0.25, 0.3) is 0 Å². The van der Waals surface area contributed by atoms with E-state index in [1.807, 2.05) is 31.4 Å². The van der Waals surface area contributed by atoms with E-state index >= 15 is 0 Å². The van der Waals surface area contributed by atoms with Gasteiger partial charge in [0.25, 0.3) is 0 Å². The number of hydrogen-bond donors (Lipinski definition) is 1. The maximum atomic E-state index is 13.0. The Morgan fingerprint density at radius 3 is 2.71 bits per heavy atom. The summed E-state index contributed by atoms with van der Waals surface area (Å²) in [7, 11) is -3.64. The van der Waals surface area contributed by atoms with Crippen molar-refractivity contribution in [2.45, 2.75) is 44.1 Å². The van der Waals surface area contributed by atoms with Gasteiger partial charge in [-0.15, -0.1) is 22.9 Å². The second kappa shape index (κ2) is 6.48. The molecule has 0 aliphatic heterocycles. The summed E-state index contributed by atoms with van der Waals surface area (Å²) in [5.41, 5.74) is 0.883. The van der Waals surface area contributed by atoms with Crippen molar-refractivity contribution in [3.63, 3.8) is 0 Å². The van der Waals surface area contributed by atoms with Gasteiger partial charge in [0.15, 0.2) is 0 Å². The summed E-state index contributed by atoms with van der Waals surface area (Å²) in [6.07, 6.45) is 0. The number of sulfonamides is 1. The topological polar surface area (TPSA) is 66.1 Å². The molecule has 0 aliphatic carbocycles. The molecule has 2 aromatic rings. The molecule has 116 valence electrons. The van der Waals surface area contributed by atoms with E-state index in [-0.39, 0.29) is 16.8 Å². The number of aromatic nitrogens is 2. The third-order valence-electron chi connectivity index (χ3n) is 3.12. The Kier molecular flexibility index (Phi) is 5.08. The smallest absolute Gasteiger partial charge is 0.247 e. The molecule has 0 amide bonds. The van der Waals surface area contributed by atoms with Crippen LogP contribution in [0.5, 0.6) is 0 Å². The van der Waals surface area contributed by atoms with Crippen LogP contribution in [0.1, 0.15) is 30.1 Å². The summed E-state index contributed by atoms with van der Waals surface area (Å²) >= 11 is 7.36. The normalized spacial score (nSPS) is 12.5. The number of aryl methyl sites for hydroxylation is 1. The summed E-state index contributed by atoms with van der Waals surface area (Å²) in [6.45, 7) is 5.77. The minimum absolute atomic E-state index is 0.0594. The number of halogens is 1. The van der Waals surface area contributed by atoms with Crippen LogP contribution in [0, 0.1) is 6.92 Å². The Hall–Kier alpha value is -0.890. The van der Waals surface area contributed by atoms with Gasteiger partial charge in [0.2, 0.25) is 10.0 Å². The first kappa shape index (κ1) is 16.5. The van der Waals surface area contributed by atoms with Gasteiger partial charge in [-0.2, -0.15) is 9.40 Å². The molecule has 0 saturated carbocycles. The number of nitrogens with zero attached hydrogens (tertiary/aromatic N) is 2. The SMILES string of the molecule is Cc1[nH]nc(CCl)c1S(=O)(=O)N(Cc1cccs1)C(C)C. The fourth-order valence-electron chi connectivity index (χ4n) is 2.12. The van der Waals surface area contributed by atoms with Crippen LogP contribution in [0.4, 0.5) is 0 Å². The number of rotatable bonds is 6. The average Bonchev–Trinajstić information content (AvgIpc) is 3.04. The van der Waals surface area contributed by atoms with Crippen molar-refractivity contribution in [3.8, 4) is 0 Å². The zero-order chi connectivity index (χ0) is 15.6. The van der Waals surface area contributed by atoms with Crippen molar-refractivity contribution < 1.29 is 8.42 Å². The van der Waals surface area contributed by atoms with Crippen LogP contribution in [0.15, 0.2) is 22.4 Å². The number of nitrogens with one attached hydrogen (secondary N) is 1. The lowest BCUT2D eigenvalue weighted by molar-refractivity contribution is 0.350. The fourth-order valence-corrected chi connectivity index (χ4v) is 5.12. The number of hydrogen-bond acceptors (Lipinski definition) is 4. The molecule has 2 rings (SSSR count). The van der Waals surface area contributed by atoms with Gasteiger partial charge in [-0.25, -0.2) is 8.42 Å². The average molecular weight is 348 g/mol. The number of thiophene rings is 1. The van der Waals surface area contributed by atoms with E-state index in [2.05, 4.69) is 10.2 Å². The fraction of sp³-hybridized carbons (Fsp3) is 0.462. The Bertz CT molecular complexity index is 693. The molecule has 21 heavy (non-hydrogen) atoms. The summed E-state index contributed by atoms with van der Waals surface area (Å²) in [6, 6.07) is 3.69. The molecule has 0 saturated heterocycles. The van der Waals surface area contributed by atoms with Gasteiger partial charge >= 0.3 is 0 Å². The molecular formula is C13H18ClN3O2S2. The monoisotopic (exact) mass is 347 g/mol. The van der Waals surface area contributed by atoms with Gasteiger partial charge in [-0.3, -0.25) is 5.10 Å². The molecule has 0 aliphatic rings. The zero-order valence-corrected chi connectivity index (χ0v) is 14.5. The third-order valence-corrected chi connectivity index (χ3v) is 6.46. The van der Waals surface area contributed by atoms with Crippen LogP contribution in [-0.2, 0) is 22.4 Å². The predicted molar refractivity (Wildman–Crippen MR) is 85.1 cm³/mol. The van der Waals surface area contributed by atoms with E-state index in [9.17, 15) is 8.42 Å². The van der Waals surface area contributed by atoms with E-state index in [4.69, 9.17) is 11.6 Å². The van der Waals surface area contributed by atoms with Crippen LogP contribution < -0.4 is 0 Å². The van der Waals surface area contributed by atoms with E-state index < -0.39 is 10.0 Å². The molecule has 0 fully saturated rings. The molecule has 0 unspecified atom stereocenters. The molecule has 0 bridgehead atoms. The maximum absolute atomic E-state index is 13.0. The molecule has 0 aromatic carbocycles. The first-order valence-electron chi connectivity index (χ1n) is 6.52. The summed E-state index contributed by atoms with van der Waals surface area (Å²) in [5.74, 6) is 0.0594. The lowest BCUT2D eigenvalue weighted by Gasteiger charge is -2.25. The highest BCUT2D eigenvalue weighted by molar-refractivity contribution is 7.89. The highest BCUT2D eigenvalue weighted by Gasteiger charge is 2.32. The quantitative estimate of drug-likeness (QED) is 0.816. The molecule has 1 N–H and O–H groups in total. The highest BCUT2D eigenvalue weighted by atomic mass is 35.5. The van der Waals surface area contributed by atoms with Crippen molar-refractivity contribution in [2.24, 2.45) is 0 Å². The molecule has 2 heterocycles. The summed E-state index contributed by atoms with van der Waals surface area (Å²) in [4.78, 5) is 1.20. The minimum atomic E-state index is -3.64. The Morgan fingerprint density at radius 1 is 1.48 bits per heavy atom. The number of H-pyrrole nitrogens is 1. The second-order valence-corrected chi connectivity index (χ2v) is 8.11. The first-order valence-corrected chi connectivity index (χ1v) is 9.37. The molecular weight excluding hydrogens is 330 g/mol. The second-order valence-electron chi connectivity index (χ2n) is 4.98. The van der Waals surface area contributed by atoms with Crippen molar-refractivity contribution >= 4 is 33.0 Å². The number of aromatic amines is 1. The minimum Gasteiger partial charge on any atom is -0.281 e. The van der Waals surface area contributed by atoms with Gasteiger partial charge in [-0.1, -0.05) is 6.07 Å². The Morgan fingerprint density at radius 2 is 2.19 bits per heavy atom. The molecule has 0 atom stereocenters. The van der Waals surface area contributed by atoms with Gasteiger partial charge in [0, 0.05) is 17.5 Å². The predicted octanol–water partition coefficient (Wildman–Crippen LogP) is 3.12. The van der Waals surface area contributed by atoms with E-state index in [1.165, 1.54) is 4.31 Å². The van der Waals surface area contributed by atoms with Crippen molar-refractivity contribution in [1.29, 1.82) is 0 Å². The standard InChI is InChI=1S/C13H18ClN3O2S2/c1-9(2)17(8-11-5-4-6-20-11)21(18,19)13-10(3)15-16-12(13)7-14/h4-6,9H,7-8H2,1-3H3,(H,15,16). The third kappa shape index (κ3) is 3.31. The maximum Gasteiger partial charge on any atom is 0.247 e. The van der Waals surface area contributed by atoms with Gasteiger partial charge in [0.05, 0.1) is 17.3 Å². The molecule has 5 nitrogen and oxygen atoms in total. The summed E-state index contributed by atoms with van der Waals surface area (Å²) in [5, 5.41) is 8.63.